The van der Waals surface area contributed by atoms with E-state index in [0.717, 1.165) is 12.8 Å². The number of hydrogen-bond acceptors (Lipinski definition) is 3. The molecule has 2 fully saturated rings. The Morgan fingerprint density at radius 1 is 1.10 bits per heavy atom. The molecule has 21 heavy (non-hydrogen) atoms. The number of nitrogens with zero attached hydrogens (tertiary/aromatic N) is 1. The maximum Gasteiger partial charge on any atom is 0.306 e. The molecule has 1 unspecified atom stereocenters. The van der Waals surface area contributed by atoms with Gasteiger partial charge in [-0.3, -0.25) is 14.5 Å². The van der Waals surface area contributed by atoms with Crippen molar-refractivity contribution in [2.45, 2.75) is 64.0 Å². The number of hydrogen-bond donors (Lipinski definition) is 2. The Balaban J connectivity index is 0.00000220. The van der Waals surface area contributed by atoms with Gasteiger partial charge in [0.15, 0.2) is 0 Å². The third-order valence-corrected chi connectivity index (χ3v) is 4.76. The largest absolute Gasteiger partial charge is 0.481 e. The van der Waals surface area contributed by atoms with Crippen molar-refractivity contribution in [3.8, 4) is 0 Å². The summed E-state index contributed by atoms with van der Waals surface area (Å²) in [6.45, 7) is 3.34. The molecule has 2 aliphatic rings. The molecular weight excluding hydrogens is 292 g/mol. The number of carbonyl (C=O) groups is 2. The maximum absolute atomic E-state index is 12.3. The van der Waals surface area contributed by atoms with Crippen molar-refractivity contribution < 1.29 is 14.7 Å². The molecule has 1 atom stereocenters. The van der Waals surface area contributed by atoms with Crippen LogP contribution in [0.25, 0.3) is 0 Å². The summed E-state index contributed by atoms with van der Waals surface area (Å²) in [6.07, 6.45) is 7.20. The van der Waals surface area contributed by atoms with E-state index in [2.05, 4.69) is 10.2 Å². The Kier molecular flexibility index (Phi) is 7.46. The highest BCUT2D eigenvalue weighted by Crippen LogP contribution is 2.20. The van der Waals surface area contributed by atoms with E-state index in [9.17, 15) is 9.59 Å². The number of halogens is 1. The van der Waals surface area contributed by atoms with Gasteiger partial charge in [-0.2, -0.15) is 0 Å². The topological polar surface area (TPSA) is 69.6 Å². The first-order valence-electron chi connectivity index (χ1n) is 7.85. The van der Waals surface area contributed by atoms with Gasteiger partial charge in [0, 0.05) is 6.04 Å². The van der Waals surface area contributed by atoms with Gasteiger partial charge in [-0.25, -0.2) is 0 Å². The average molecular weight is 319 g/mol. The Hall–Kier alpha value is -0.810. The number of carboxylic acid groups (broad SMARTS) is 1. The second-order valence-corrected chi connectivity index (χ2v) is 6.17. The molecule has 0 aromatic rings. The van der Waals surface area contributed by atoms with E-state index in [-0.39, 0.29) is 30.3 Å². The zero-order valence-corrected chi connectivity index (χ0v) is 13.5. The van der Waals surface area contributed by atoms with Gasteiger partial charge in [-0.1, -0.05) is 19.3 Å². The number of piperidine rings is 1. The van der Waals surface area contributed by atoms with Crippen molar-refractivity contribution in [2.24, 2.45) is 5.92 Å². The predicted octanol–water partition coefficient (Wildman–Crippen LogP) is 2.04. The third kappa shape index (κ3) is 5.15. The van der Waals surface area contributed by atoms with E-state index in [1.165, 1.54) is 19.3 Å². The van der Waals surface area contributed by atoms with Crippen LogP contribution in [0, 0.1) is 5.92 Å². The number of likely N-dealkylation sites (tertiary alicyclic amines) is 1. The van der Waals surface area contributed by atoms with Crippen LogP contribution in [0.15, 0.2) is 0 Å². The van der Waals surface area contributed by atoms with Crippen LogP contribution in [0.5, 0.6) is 0 Å². The summed E-state index contributed by atoms with van der Waals surface area (Å²) in [5, 5.41) is 12.1. The molecule has 1 amide bonds. The fourth-order valence-corrected chi connectivity index (χ4v) is 3.27. The fraction of sp³-hybridized carbons (Fsp3) is 0.867. The quantitative estimate of drug-likeness (QED) is 0.832. The Labute approximate surface area is 132 Å². The molecule has 122 valence electrons. The van der Waals surface area contributed by atoms with Crippen molar-refractivity contribution in [3.63, 3.8) is 0 Å². The Morgan fingerprint density at radius 3 is 2.19 bits per heavy atom. The van der Waals surface area contributed by atoms with Crippen LogP contribution in [-0.4, -0.2) is 47.1 Å². The lowest BCUT2D eigenvalue weighted by atomic mass is 9.94. The fourth-order valence-electron chi connectivity index (χ4n) is 3.27. The number of aliphatic carboxylic acids is 1. The first-order chi connectivity index (χ1) is 9.58. The lowest BCUT2D eigenvalue weighted by Gasteiger charge is -2.35. The molecule has 0 aromatic carbocycles. The summed E-state index contributed by atoms with van der Waals surface area (Å²) >= 11 is 0. The summed E-state index contributed by atoms with van der Waals surface area (Å²) in [6, 6.07) is 0.196. The zero-order chi connectivity index (χ0) is 14.5. The monoisotopic (exact) mass is 318 g/mol. The molecule has 1 aliphatic heterocycles. The molecule has 1 heterocycles. The second-order valence-electron chi connectivity index (χ2n) is 6.17. The van der Waals surface area contributed by atoms with E-state index in [1.54, 1.807) is 0 Å². The highest BCUT2D eigenvalue weighted by atomic mass is 35.5. The highest BCUT2D eigenvalue weighted by Gasteiger charge is 2.30. The smallest absolute Gasteiger partial charge is 0.306 e. The molecule has 1 saturated carbocycles. The molecule has 0 radical (unpaired) electrons. The predicted molar refractivity (Wildman–Crippen MR) is 83.7 cm³/mol. The van der Waals surface area contributed by atoms with Crippen molar-refractivity contribution in [1.29, 1.82) is 0 Å². The molecule has 2 rings (SSSR count). The van der Waals surface area contributed by atoms with Crippen molar-refractivity contribution >= 4 is 24.3 Å². The molecule has 6 heteroatoms. The minimum Gasteiger partial charge on any atom is -0.481 e. The van der Waals surface area contributed by atoms with E-state index >= 15 is 0 Å². The van der Waals surface area contributed by atoms with Crippen LogP contribution in [-0.2, 0) is 9.59 Å². The first-order valence-corrected chi connectivity index (χ1v) is 7.85. The lowest BCUT2D eigenvalue weighted by Crippen LogP contribution is -2.51. The Morgan fingerprint density at radius 2 is 1.67 bits per heavy atom. The molecule has 1 aliphatic carbocycles. The minimum absolute atomic E-state index is 0. The van der Waals surface area contributed by atoms with Crippen molar-refractivity contribution in [1.82, 2.24) is 10.2 Å². The summed E-state index contributed by atoms with van der Waals surface area (Å²) in [4.78, 5) is 25.3. The van der Waals surface area contributed by atoms with Gasteiger partial charge in [0.05, 0.1) is 12.0 Å². The van der Waals surface area contributed by atoms with Gasteiger partial charge in [-0.15, -0.1) is 12.4 Å². The molecular formula is C15H27ClN2O3. The van der Waals surface area contributed by atoms with Gasteiger partial charge >= 0.3 is 5.97 Å². The summed E-state index contributed by atoms with van der Waals surface area (Å²) in [5.74, 6) is -0.838. The minimum atomic E-state index is -0.705. The van der Waals surface area contributed by atoms with E-state index in [0.29, 0.717) is 32.0 Å². The average Bonchev–Trinajstić information content (AvgIpc) is 2.47. The summed E-state index contributed by atoms with van der Waals surface area (Å²) < 4.78 is 0. The molecule has 0 aromatic heterocycles. The molecule has 5 nitrogen and oxygen atoms in total. The maximum atomic E-state index is 12.3. The van der Waals surface area contributed by atoms with Crippen LogP contribution in [0.2, 0.25) is 0 Å². The van der Waals surface area contributed by atoms with Gasteiger partial charge in [-0.05, 0) is 45.7 Å². The van der Waals surface area contributed by atoms with Crippen LogP contribution in [0.1, 0.15) is 51.9 Å². The number of rotatable bonds is 4. The molecule has 0 bridgehead atoms. The lowest BCUT2D eigenvalue weighted by molar-refractivity contribution is -0.143. The van der Waals surface area contributed by atoms with Crippen molar-refractivity contribution in [3.05, 3.63) is 0 Å². The molecule has 2 N–H and O–H groups in total. The van der Waals surface area contributed by atoms with Crippen LogP contribution in [0.3, 0.4) is 0 Å². The number of carbonyl (C=O) groups excluding carboxylic acids is 1. The van der Waals surface area contributed by atoms with E-state index in [4.69, 9.17) is 5.11 Å². The normalized spacial score (nSPS) is 23.1. The van der Waals surface area contributed by atoms with Gasteiger partial charge < -0.3 is 10.4 Å². The molecule has 0 spiro atoms. The van der Waals surface area contributed by atoms with Crippen LogP contribution in [0.4, 0.5) is 0 Å². The van der Waals surface area contributed by atoms with E-state index in [1.807, 2.05) is 6.92 Å². The van der Waals surface area contributed by atoms with Crippen LogP contribution < -0.4 is 5.32 Å². The highest BCUT2D eigenvalue weighted by molar-refractivity contribution is 5.85. The van der Waals surface area contributed by atoms with Gasteiger partial charge in [0.25, 0.3) is 0 Å². The zero-order valence-electron chi connectivity index (χ0n) is 12.7. The van der Waals surface area contributed by atoms with Gasteiger partial charge in [0.1, 0.15) is 0 Å². The number of nitrogens with one attached hydrogen (secondary N) is 1. The summed E-state index contributed by atoms with van der Waals surface area (Å²) in [7, 11) is 0. The van der Waals surface area contributed by atoms with Gasteiger partial charge in [0.2, 0.25) is 5.91 Å². The standard InChI is InChI=1S/C15H26N2O3.ClH/c1-11(14(18)16-13-5-3-2-4-6-13)17-9-7-12(8-10-17)15(19)20;/h11-13H,2-10H2,1H3,(H,16,18)(H,19,20);1H. The van der Waals surface area contributed by atoms with Crippen LogP contribution >= 0.6 is 12.4 Å². The first kappa shape index (κ1) is 18.2. The third-order valence-electron chi connectivity index (χ3n) is 4.76. The SMILES string of the molecule is CC(C(=O)NC1CCCCC1)N1CCC(C(=O)O)CC1.Cl. The number of amides is 1. The number of carboxylic acids is 1. The van der Waals surface area contributed by atoms with Crippen molar-refractivity contribution in [2.75, 3.05) is 13.1 Å². The summed E-state index contributed by atoms with van der Waals surface area (Å²) in [5.41, 5.74) is 0. The van der Waals surface area contributed by atoms with E-state index < -0.39 is 5.97 Å². The Bertz CT molecular complexity index is 351. The second kappa shape index (κ2) is 8.59. The molecule has 1 saturated heterocycles.